The first-order chi connectivity index (χ1) is 6.85. The molecule has 0 aromatic rings. The van der Waals surface area contributed by atoms with Gasteiger partial charge in [-0.15, -0.1) is 0 Å². The number of hydrogen-bond donors (Lipinski definition) is 0. The second-order valence-corrected chi connectivity index (χ2v) is 6.00. The second kappa shape index (κ2) is 4.64. The van der Waals surface area contributed by atoms with Crippen LogP contribution in [0.4, 0.5) is 4.79 Å². The number of ether oxygens (including phenoxy) is 1. The quantitative estimate of drug-likeness (QED) is 0.731. The fourth-order valence-corrected chi connectivity index (χ4v) is 2.47. The lowest BCUT2D eigenvalue weighted by molar-refractivity contribution is -0.0198. The van der Waals surface area contributed by atoms with Gasteiger partial charge < -0.3 is 9.64 Å². The Morgan fingerprint density at radius 1 is 1.53 bits per heavy atom. The van der Waals surface area contributed by atoms with Gasteiger partial charge in [-0.25, -0.2) is 4.79 Å². The SMILES string of the molecule is CSCC1CN(C(=O)OC(C)(C)C)C1C. The Morgan fingerprint density at radius 3 is 2.53 bits per heavy atom. The zero-order chi connectivity index (χ0) is 11.6. The zero-order valence-corrected chi connectivity index (χ0v) is 11.1. The smallest absolute Gasteiger partial charge is 0.410 e. The van der Waals surface area contributed by atoms with Crippen LogP contribution in [0.2, 0.25) is 0 Å². The van der Waals surface area contributed by atoms with Crippen molar-refractivity contribution in [3.05, 3.63) is 0 Å². The lowest BCUT2D eigenvalue weighted by Gasteiger charge is -2.46. The molecular weight excluding hydrogens is 210 g/mol. The van der Waals surface area contributed by atoms with Crippen molar-refractivity contribution in [1.29, 1.82) is 0 Å². The maximum atomic E-state index is 11.7. The average Bonchev–Trinajstić information content (AvgIpc) is 2.07. The summed E-state index contributed by atoms with van der Waals surface area (Å²) >= 11 is 1.84. The third-order valence-electron chi connectivity index (χ3n) is 2.61. The van der Waals surface area contributed by atoms with Crippen molar-refractivity contribution >= 4 is 17.9 Å². The Hall–Kier alpha value is -0.380. The van der Waals surface area contributed by atoms with Crippen LogP contribution in [-0.2, 0) is 4.74 Å². The minimum atomic E-state index is -0.388. The maximum absolute atomic E-state index is 11.7. The van der Waals surface area contributed by atoms with E-state index in [0.717, 1.165) is 12.3 Å². The van der Waals surface area contributed by atoms with Crippen LogP contribution in [0.1, 0.15) is 27.7 Å². The van der Waals surface area contributed by atoms with Gasteiger partial charge in [0.15, 0.2) is 0 Å². The van der Waals surface area contributed by atoms with Crippen molar-refractivity contribution in [3.8, 4) is 0 Å². The monoisotopic (exact) mass is 231 g/mol. The molecule has 4 heteroatoms. The number of likely N-dealkylation sites (tertiary alicyclic amines) is 1. The van der Waals surface area contributed by atoms with Gasteiger partial charge in [-0.05, 0) is 39.7 Å². The van der Waals surface area contributed by atoms with E-state index in [1.54, 1.807) is 0 Å². The van der Waals surface area contributed by atoms with E-state index in [4.69, 9.17) is 4.74 Å². The molecular formula is C11H21NO2S. The van der Waals surface area contributed by atoms with Gasteiger partial charge in [-0.3, -0.25) is 0 Å². The van der Waals surface area contributed by atoms with Crippen molar-refractivity contribution in [2.45, 2.75) is 39.3 Å². The minimum Gasteiger partial charge on any atom is -0.444 e. The van der Waals surface area contributed by atoms with E-state index in [9.17, 15) is 4.79 Å². The van der Waals surface area contributed by atoms with E-state index in [-0.39, 0.29) is 11.7 Å². The summed E-state index contributed by atoms with van der Waals surface area (Å²) in [5, 5.41) is 0. The maximum Gasteiger partial charge on any atom is 0.410 e. The fraction of sp³-hybridized carbons (Fsp3) is 0.909. The van der Waals surface area contributed by atoms with Gasteiger partial charge in [-0.1, -0.05) is 0 Å². The highest BCUT2D eigenvalue weighted by Crippen LogP contribution is 2.28. The third kappa shape index (κ3) is 3.30. The molecule has 15 heavy (non-hydrogen) atoms. The number of amides is 1. The molecule has 0 aromatic heterocycles. The van der Waals surface area contributed by atoms with Crippen molar-refractivity contribution in [1.82, 2.24) is 4.90 Å². The molecule has 1 fully saturated rings. The Bertz CT molecular complexity index is 237. The lowest BCUT2D eigenvalue weighted by Crippen LogP contribution is -2.58. The first-order valence-electron chi connectivity index (χ1n) is 5.33. The molecule has 0 N–H and O–H groups in total. The van der Waals surface area contributed by atoms with Gasteiger partial charge in [-0.2, -0.15) is 11.8 Å². The molecule has 0 aliphatic carbocycles. The van der Waals surface area contributed by atoms with E-state index >= 15 is 0 Å². The summed E-state index contributed by atoms with van der Waals surface area (Å²) < 4.78 is 5.32. The largest absolute Gasteiger partial charge is 0.444 e. The molecule has 88 valence electrons. The Kier molecular flexibility index (Phi) is 3.93. The highest BCUT2D eigenvalue weighted by molar-refractivity contribution is 7.98. The van der Waals surface area contributed by atoms with Crippen LogP contribution < -0.4 is 0 Å². The number of hydrogen-bond acceptors (Lipinski definition) is 3. The van der Waals surface area contributed by atoms with Gasteiger partial charge in [0, 0.05) is 18.5 Å². The Morgan fingerprint density at radius 2 is 2.13 bits per heavy atom. The van der Waals surface area contributed by atoms with E-state index in [0.29, 0.717) is 12.0 Å². The number of carbonyl (C=O) groups is 1. The molecule has 1 heterocycles. The molecule has 1 saturated heterocycles. The van der Waals surface area contributed by atoms with E-state index < -0.39 is 0 Å². The van der Waals surface area contributed by atoms with Gasteiger partial charge in [0.25, 0.3) is 0 Å². The van der Waals surface area contributed by atoms with Crippen molar-refractivity contribution < 1.29 is 9.53 Å². The van der Waals surface area contributed by atoms with Gasteiger partial charge in [0.1, 0.15) is 5.60 Å². The molecule has 3 nitrogen and oxygen atoms in total. The van der Waals surface area contributed by atoms with Gasteiger partial charge in [0.05, 0.1) is 0 Å². The zero-order valence-electron chi connectivity index (χ0n) is 10.2. The van der Waals surface area contributed by atoms with Crippen LogP contribution in [0.3, 0.4) is 0 Å². The van der Waals surface area contributed by atoms with Crippen molar-refractivity contribution in [2.75, 3.05) is 18.6 Å². The summed E-state index contributed by atoms with van der Waals surface area (Å²) in [6.07, 6.45) is 1.93. The summed E-state index contributed by atoms with van der Waals surface area (Å²) in [4.78, 5) is 13.5. The molecule has 1 aliphatic heterocycles. The molecule has 1 amide bonds. The second-order valence-electron chi connectivity index (χ2n) is 5.09. The van der Waals surface area contributed by atoms with Crippen LogP contribution in [0.15, 0.2) is 0 Å². The number of thioether (sulfide) groups is 1. The molecule has 0 aromatic carbocycles. The molecule has 1 aliphatic rings. The predicted octanol–water partition coefficient (Wildman–Crippen LogP) is 2.60. The molecule has 2 atom stereocenters. The lowest BCUT2D eigenvalue weighted by atomic mass is 9.92. The van der Waals surface area contributed by atoms with Crippen LogP contribution in [0, 0.1) is 5.92 Å². The van der Waals surface area contributed by atoms with E-state index in [2.05, 4.69) is 13.2 Å². The first-order valence-corrected chi connectivity index (χ1v) is 6.73. The fourth-order valence-electron chi connectivity index (χ4n) is 1.66. The minimum absolute atomic E-state index is 0.174. The Labute approximate surface area is 96.5 Å². The Balaban J connectivity index is 2.39. The van der Waals surface area contributed by atoms with Crippen molar-refractivity contribution in [3.63, 3.8) is 0 Å². The predicted molar refractivity (Wildman–Crippen MR) is 64.3 cm³/mol. The van der Waals surface area contributed by atoms with E-state index in [1.807, 2.05) is 37.4 Å². The number of carbonyl (C=O) groups excluding carboxylic acids is 1. The summed E-state index contributed by atoms with van der Waals surface area (Å²) in [5.74, 6) is 1.76. The van der Waals surface area contributed by atoms with E-state index in [1.165, 1.54) is 0 Å². The van der Waals surface area contributed by atoms with Gasteiger partial charge >= 0.3 is 6.09 Å². The molecule has 0 radical (unpaired) electrons. The number of nitrogens with zero attached hydrogens (tertiary/aromatic N) is 1. The summed E-state index contributed by atoms with van der Waals surface area (Å²) in [5.41, 5.74) is -0.388. The highest BCUT2D eigenvalue weighted by atomic mass is 32.2. The summed E-state index contributed by atoms with van der Waals surface area (Å²) in [6.45, 7) is 8.63. The summed E-state index contributed by atoms with van der Waals surface area (Å²) in [6, 6.07) is 0.326. The van der Waals surface area contributed by atoms with Crippen LogP contribution in [0.25, 0.3) is 0 Å². The number of rotatable bonds is 2. The standard InChI is InChI=1S/C11H21NO2S/c1-8-9(7-15-5)6-12(8)10(13)14-11(2,3)4/h8-9H,6-7H2,1-5H3. The molecule has 1 rings (SSSR count). The van der Waals surface area contributed by atoms with Crippen LogP contribution in [0.5, 0.6) is 0 Å². The van der Waals surface area contributed by atoms with Crippen LogP contribution in [-0.4, -0.2) is 41.2 Å². The van der Waals surface area contributed by atoms with Crippen LogP contribution >= 0.6 is 11.8 Å². The topological polar surface area (TPSA) is 29.5 Å². The first kappa shape index (κ1) is 12.7. The third-order valence-corrected chi connectivity index (χ3v) is 3.38. The average molecular weight is 231 g/mol. The molecule has 0 saturated carbocycles. The van der Waals surface area contributed by atoms with Gasteiger partial charge in [0.2, 0.25) is 0 Å². The normalized spacial score (nSPS) is 26.1. The molecule has 0 bridgehead atoms. The molecule has 0 spiro atoms. The summed E-state index contributed by atoms with van der Waals surface area (Å²) in [7, 11) is 0. The van der Waals surface area contributed by atoms with Crippen molar-refractivity contribution in [2.24, 2.45) is 5.92 Å². The molecule has 2 unspecified atom stereocenters. The highest BCUT2D eigenvalue weighted by Gasteiger charge is 2.40.